The maximum atomic E-state index is 9.36. The highest BCUT2D eigenvalue weighted by molar-refractivity contribution is 4.63. The molecular weight excluding hydrogens is 430 g/mol. The topological polar surface area (TPSA) is 43.7 Å². The molecule has 0 bridgehead atoms. The first-order valence-electron chi connectivity index (χ1n) is 16.2. The lowest BCUT2D eigenvalue weighted by Crippen LogP contribution is -2.29. The lowest BCUT2D eigenvalue weighted by Gasteiger charge is -2.21. The van der Waals surface area contributed by atoms with Crippen molar-refractivity contribution in [1.82, 2.24) is 4.90 Å². The van der Waals surface area contributed by atoms with Crippen molar-refractivity contribution in [1.29, 1.82) is 0 Å². The predicted octanol–water partition coefficient (Wildman–Crippen LogP) is 9.29. The summed E-state index contributed by atoms with van der Waals surface area (Å²) in [5.74, 6) is 0.984. The number of aliphatic hydroxyl groups excluding tert-OH is 2. The molecule has 0 unspecified atom stereocenters. The van der Waals surface area contributed by atoms with Gasteiger partial charge in [-0.2, -0.15) is 0 Å². The minimum Gasteiger partial charge on any atom is -0.396 e. The van der Waals surface area contributed by atoms with Gasteiger partial charge < -0.3 is 15.1 Å². The van der Waals surface area contributed by atoms with Crippen LogP contribution in [-0.4, -0.2) is 48.0 Å². The molecule has 35 heavy (non-hydrogen) atoms. The number of hydrogen-bond donors (Lipinski definition) is 2. The van der Waals surface area contributed by atoms with Gasteiger partial charge in [-0.3, -0.25) is 0 Å². The third kappa shape index (κ3) is 26.7. The predicted molar refractivity (Wildman–Crippen MR) is 156 cm³/mol. The average molecular weight is 498 g/mol. The van der Waals surface area contributed by atoms with E-state index in [1.54, 1.807) is 0 Å². The van der Waals surface area contributed by atoms with Crippen LogP contribution in [0.4, 0.5) is 0 Å². The van der Waals surface area contributed by atoms with E-state index >= 15 is 0 Å². The molecular formula is C32H67NO2. The average Bonchev–Trinajstić information content (AvgIpc) is 2.86. The van der Waals surface area contributed by atoms with Crippen LogP contribution < -0.4 is 0 Å². The summed E-state index contributed by atoms with van der Waals surface area (Å²) in [4.78, 5) is 2.44. The van der Waals surface area contributed by atoms with Gasteiger partial charge in [0.25, 0.3) is 0 Å². The van der Waals surface area contributed by atoms with E-state index in [4.69, 9.17) is 5.11 Å². The Bertz CT molecular complexity index is 361. The standard InChI is InChI=1S/C32H67NO2/c1-3-5-7-9-12-18-24-32(25-19-13-10-8-6-4-2)26-20-14-11-15-21-27-33(29-31-35)28-22-16-17-23-30-34/h32,34-35H,3-31H2,1-2H3. The first-order chi connectivity index (χ1) is 17.3. The molecule has 0 atom stereocenters. The smallest absolute Gasteiger partial charge is 0.0558 e. The van der Waals surface area contributed by atoms with Gasteiger partial charge in [0.2, 0.25) is 0 Å². The number of rotatable bonds is 30. The van der Waals surface area contributed by atoms with E-state index in [1.165, 1.54) is 141 Å². The van der Waals surface area contributed by atoms with Crippen molar-refractivity contribution in [2.24, 2.45) is 5.92 Å². The Labute approximate surface area is 221 Å². The molecule has 0 aromatic carbocycles. The molecule has 0 aliphatic heterocycles. The fourth-order valence-corrected chi connectivity index (χ4v) is 5.44. The molecule has 0 rings (SSSR count). The van der Waals surface area contributed by atoms with E-state index in [-0.39, 0.29) is 6.61 Å². The maximum Gasteiger partial charge on any atom is 0.0558 e. The van der Waals surface area contributed by atoms with Gasteiger partial charge in [0.15, 0.2) is 0 Å². The fraction of sp³-hybridized carbons (Fsp3) is 1.00. The first kappa shape index (κ1) is 34.9. The zero-order valence-electron chi connectivity index (χ0n) is 24.4. The summed E-state index contributed by atoms with van der Waals surface area (Å²) < 4.78 is 0. The van der Waals surface area contributed by atoms with Crippen LogP contribution in [-0.2, 0) is 0 Å². The highest BCUT2D eigenvalue weighted by atomic mass is 16.3. The maximum absolute atomic E-state index is 9.36. The van der Waals surface area contributed by atoms with Gasteiger partial charge >= 0.3 is 0 Å². The zero-order valence-corrected chi connectivity index (χ0v) is 24.4. The molecule has 0 aromatic rings. The van der Waals surface area contributed by atoms with E-state index in [0.29, 0.717) is 6.61 Å². The molecule has 0 amide bonds. The van der Waals surface area contributed by atoms with Crippen LogP contribution in [0.1, 0.15) is 168 Å². The summed E-state index contributed by atoms with van der Waals surface area (Å²) >= 11 is 0. The molecule has 0 aliphatic carbocycles. The second-order valence-corrected chi connectivity index (χ2v) is 11.2. The normalized spacial score (nSPS) is 11.8. The third-order valence-corrected chi connectivity index (χ3v) is 7.82. The summed E-state index contributed by atoms with van der Waals surface area (Å²) in [6, 6.07) is 0. The van der Waals surface area contributed by atoms with Crippen molar-refractivity contribution in [3.63, 3.8) is 0 Å². The largest absolute Gasteiger partial charge is 0.396 e. The van der Waals surface area contributed by atoms with Crippen molar-refractivity contribution < 1.29 is 10.2 Å². The van der Waals surface area contributed by atoms with Gasteiger partial charge in [-0.05, 0) is 38.3 Å². The minimum absolute atomic E-state index is 0.273. The summed E-state index contributed by atoms with van der Waals surface area (Å²) in [6.07, 6.45) is 32.9. The van der Waals surface area contributed by atoms with E-state index in [0.717, 1.165) is 38.4 Å². The van der Waals surface area contributed by atoms with Crippen LogP contribution in [0.5, 0.6) is 0 Å². The Balaban J connectivity index is 3.96. The molecule has 2 N–H and O–H groups in total. The van der Waals surface area contributed by atoms with E-state index in [1.807, 2.05) is 0 Å². The first-order valence-corrected chi connectivity index (χ1v) is 16.2. The summed E-state index contributed by atoms with van der Waals surface area (Å²) in [7, 11) is 0. The third-order valence-electron chi connectivity index (χ3n) is 7.82. The zero-order chi connectivity index (χ0) is 25.7. The second kappa shape index (κ2) is 30.1. The highest BCUT2D eigenvalue weighted by Gasteiger charge is 2.09. The Morgan fingerprint density at radius 2 is 0.771 bits per heavy atom. The van der Waals surface area contributed by atoms with E-state index in [2.05, 4.69) is 18.7 Å². The molecule has 0 fully saturated rings. The molecule has 3 heteroatoms. The van der Waals surface area contributed by atoms with Gasteiger partial charge in [0.05, 0.1) is 6.61 Å². The number of hydrogen-bond acceptors (Lipinski definition) is 3. The molecule has 0 aliphatic rings. The fourth-order valence-electron chi connectivity index (χ4n) is 5.44. The number of unbranched alkanes of at least 4 members (excludes halogenated alkanes) is 17. The number of nitrogens with zero attached hydrogens (tertiary/aromatic N) is 1. The molecule has 0 saturated carbocycles. The van der Waals surface area contributed by atoms with Crippen LogP contribution in [0, 0.1) is 5.92 Å². The van der Waals surface area contributed by atoms with Crippen LogP contribution >= 0.6 is 0 Å². The van der Waals surface area contributed by atoms with Gasteiger partial charge in [0.1, 0.15) is 0 Å². The second-order valence-electron chi connectivity index (χ2n) is 11.2. The monoisotopic (exact) mass is 498 g/mol. The quantitative estimate of drug-likeness (QED) is 0.0971. The van der Waals surface area contributed by atoms with Crippen LogP contribution in [0.25, 0.3) is 0 Å². The summed E-state index contributed by atoms with van der Waals surface area (Å²) in [6.45, 7) is 8.27. The van der Waals surface area contributed by atoms with Gasteiger partial charge in [-0.1, -0.05) is 149 Å². The Morgan fingerprint density at radius 1 is 0.400 bits per heavy atom. The molecule has 0 saturated heterocycles. The highest BCUT2D eigenvalue weighted by Crippen LogP contribution is 2.24. The van der Waals surface area contributed by atoms with Crippen molar-refractivity contribution in [2.45, 2.75) is 168 Å². The van der Waals surface area contributed by atoms with Crippen molar-refractivity contribution in [2.75, 3.05) is 32.8 Å². The summed E-state index contributed by atoms with van der Waals surface area (Å²) in [5.41, 5.74) is 0. The van der Waals surface area contributed by atoms with Crippen molar-refractivity contribution in [3.05, 3.63) is 0 Å². The lowest BCUT2D eigenvalue weighted by molar-refractivity contribution is 0.189. The van der Waals surface area contributed by atoms with E-state index < -0.39 is 0 Å². The molecule has 3 nitrogen and oxygen atoms in total. The molecule has 0 aromatic heterocycles. The Kier molecular flexibility index (Phi) is 30.0. The molecule has 0 heterocycles. The Morgan fingerprint density at radius 3 is 1.17 bits per heavy atom. The molecule has 0 radical (unpaired) electrons. The molecule has 0 spiro atoms. The lowest BCUT2D eigenvalue weighted by atomic mass is 9.89. The SMILES string of the molecule is CCCCCCCCC(CCCCCCCC)CCCCCCCN(CCO)CCCCCCO. The van der Waals surface area contributed by atoms with Gasteiger partial charge in [-0.15, -0.1) is 0 Å². The summed E-state index contributed by atoms with van der Waals surface area (Å²) in [5, 5.41) is 18.3. The van der Waals surface area contributed by atoms with Crippen LogP contribution in [0.15, 0.2) is 0 Å². The van der Waals surface area contributed by atoms with Crippen molar-refractivity contribution in [3.8, 4) is 0 Å². The Hall–Kier alpha value is -0.120. The van der Waals surface area contributed by atoms with E-state index in [9.17, 15) is 5.11 Å². The van der Waals surface area contributed by atoms with Crippen molar-refractivity contribution >= 4 is 0 Å². The number of aliphatic hydroxyl groups is 2. The van der Waals surface area contributed by atoms with Gasteiger partial charge in [-0.25, -0.2) is 0 Å². The van der Waals surface area contributed by atoms with Crippen LogP contribution in [0.2, 0.25) is 0 Å². The molecule has 212 valence electrons. The van der Waals surface area contributed by atoms with Crippen LogP contribution in [0.3, 0.4) is 0 Å². The van der Waals surface area contributed by atoms with Gasteiger partial charge in [0, 0.05) is 13.2 Å². The minimum atomic E-state index is 0.273.